The molecule has 1 atom stereocenters. The van der Waals surface area contributed by atoms with Crippen molar-refractivity contribution >= 4 is 17.5 Å². The van der Waals surface area contributed by atoms with E-state index >= 15 is 0 Å². The molecule has 25 heavy (non-hydrogen) atoms. The molecule has 128 valence electrons. The van der Waals surface area contributed by atoms with Crippen molar-refractivity contribution in [2.24, 2.45) is 0 Å². The highest BCUT2D eigenvalue weighted by atomic mass is 16.2. The predicted molar refractivity (Wildman–Crippen MR) is 96.7 cm³/mol. The number of benzene rings is 2. The zero-order chi connectivity index (χ0) is 17.6. The Morgan fingerprint density at radius 1 is 1.12 bits per heavy atom. The lowest BCUT2D eigenvalue weighted by Crippen LogP contribution is -2.35. The van der Waals surface area contributed by atoms with Gasteiger partial charge in [-0.05, 0) is 47.5 Å². The Morgan fingerprint density at radius 2 is 1.84 bits per heavy atom. The molecule has 0 unspecified atom stereocenters. The average Bonchev–Trinajstić information content (AvgIpc) is 3.10. The van der Waals surface area contributed by atoms with Gasteiger partial charge in [0.05, 0.1) is 5.69 Å². The molecule has 0 radical (unpaired) electrons. The van der Waals surface area contributed by atoms with E-state index in [-0.39, 0.29) is 5.91 Å². The van der Waals surface area contributed by atoms with Crippen LogP contribution in [-0.4, -0.2) is 32.2 Å². The molecule has 2 aromatic carbocycles. The molecule has 1 aromatic heterocycles. The van der Waals surface area contributed by atoms with Crippen LogP contribution in [-0.2, 0) is 4.79 Å². The smallest absolute Gasteiger partial charge is 0.248 e. The number of anilines is 2. The average molecular weight is 336 g/mol. The van der Waals surface area contributed by atoms with Crippen LogP contribution in [0.4, 0.5) is 11.6 Å². The van der Waals surface area contributed by atoms with Gasteiger partial charge in [0.1, 0.15) is 6.04 Å². The molecule has 0 spiro atoms. The van der Waals surface area contributed by atoms with Gasteiger partial charge in [0.25, 0.3) is 0 Å². The minimum Gasteiger partial charge on any atom is -0.341 e. The van der Waals surface area contributed by atoms with E-state index in [1.807, 2.05) is 68.4 Å². The van der Waals surface area contributed by atoms with Gasteiger partial charge >= 0.3 is 0 Å². The summed E-state index contributed by atoms with van der Waals surface area (Å²) in [5.41, 5.74) is 2.64. The first-order valence-electron chi connectivity index (χ1n) is 8.16. The fraction of sp³-hybridized carbons (Fsp3) is 0.222. The first-order chi connectivity index (χ1) is 12.2. The molecule has 0 bridgehead atoms. The van der Waals surface area contributed by atoms with Crippen molar-refractivity contribution in [1.82, 2.24) is 20.2 Å². The summed E-state index contributed by atoms with van der Waals surface area (Å²) >= 11 is 0. The number of aromatic nitrogens is 4. The molecule has 0 saturated heterocycles. The van der Waals surface area contributed by atoms with Crippen molar-refractivity contribution in [1.29, 1.82) is 0 Å². The van der Waals surface area contributed by atoms with Crippen molar-refractivity contribution in [3.8, 4) is 5.69 Å². The Labute approximate surface area is 146 Å². The fourth-order valence-electron chi connectivity index (χ4n) is 2.46. The summed E-state index contributed by atoms with van der Waals surface area (Å²) < 4.78 is 1.57. The van der Waals surface area contributed by atoms with Crippen LogP contribution in [0.5, 0.6) is 0 Å². The minimum atomic E-state index is -0.451. The van der Waals surface area contributed by atoms with Crippen molar-refractivity contribution < 1.29 is 4.79 Å². The third-order valence-corrected chi connectivity index (χ3v) is 3.90. The Balaban J connectivity index is 1.76. The molecule has 0 aliphatic heterocycles. The van der Waals surface area contributed by atoms with E-state index in [1.165, 1.54) is 0 Å². The van der Waals surface area contributed by atoms with Crippen LogP contribution >= 0.6 is 0 Å². The van der Waals surface area contributed by atoms with Gasteiger partial charge in [0.2, 0.25) is 11.9 Å². The summed E-state index contributed by atoms with van der Waals surface area (Å²) in [6.07, 6.45) is 0.597. The number of carbonyl (C=O) groups is 1. The molecule has 0 aliphatic carbocycles. The van der Waals surface area contributed by atoms with Crippen LogP contribution < -0.4 is 10.6 Å². The molecular weight excluding hydrogens is 316 g/mol. The summed E-state index contributed by atoms with van der Waals surface area (Å²) in [6, 6.07) is 16.8. The first-order valence-corrected chi connectivity index (χ1v) is 8.16. The number of rotatable bonds is 6. The maximum Gasteiger partial charge on any atom is 0.248 e. The Morgan fingerprint density at radius 3 is 2.56 bits per heavy atom. The number of hydrogen-bond acceptors (Lipinski definition) is 5. The van der Waals surface area contributed by atoms with Crippen LogP contribution in [0, 0.1) is 6.92 Å². The maximum atomic E-state index is 12.6. The summed E-state index contributed by atoms with van der Waals surface area (Å²) in [4.78, 5) is 12.6. The predicted octanol–water partition coefficient (Wildman–Crippen LogP) is 2.80. The summed E-state index contributed by atoms with van der Waals surface area (Å²) in [7, 11) is 0. The van der Waals surface area contributed by atoms with E-state index in [0.717, 1.165) is 16.9 Å². The van der Waals surface area contributed by atoms with Crippen LogP contribution in [0.15, 0.2) is 54.6 Å². The van der Waals surface area contributed by atoms with Gasteiger partial charge in [-0.2, -0.15) is 4.68 Å². The molecule has 1 heterocycles. The molecule has 3 rings (SSSR count). The zero-order valence-electron chi connectivity index (χ0n) is 14.2. The van der Waals surface area contributed by atoms with E-state index in [0.29, 0.717) is 12.4 Å². The van der Waals surface area contributed by atoms with Crippen LogP contribution in [0.1, 0.15) is 18.9 Å². The lowest BCUT2D eigenvalue weighted by molar-refractivity contribution is -0.117. The molecule has 7 nitrogen and oxygen atoms in total. The van der Waals surface area contributed by atoms with Crippen molar-refractivity contribution in [2.45, 2.75) is 26.3 Å². The Kier molecular flexibility index (Phi) is 5.03. The molecular formula is C18H20N6O. The maximum absolute atomic E-state index is 12.6. The van der Waals surface area contributed by atoms with Gasteiger partial charge in [0, 0.05) is 5.69 Å². The van der Waals surface area contributed by atoms with Gasteiger partial charge in [-0.25, -0.2) is 0 Å². The highest BCUT2D eigenvalue weighted by molar-refractivity contribution is 5.96. The molecule has 2 N–H and O–H groups in total. The largest absolute Gasteiger partial charge is 0.341 e. The van der Waals surface area contributed by atoms with E-state index in [4.69, 9.17) is 0 Å². The van der Waals surface area contributed by atoms with Gasteiger partial charge in [-0.1, -0.05) is 48.4 Å². The van der Waals surface area contributed by atoms with Crippen LogP contribution in [0.25, 0.3) is 5.69 Å². The summed E-state index contributed by atoms with van der Waals surface area (Å²) in [6.45, 7) is 3.89. The van der Waals surface area contributed by atoms with Crippen LogP contribution in [0.2, 0.25) is 0 Å². The van der Waals surface area contributed by atoms with E-state index < -0.39 is 6.04 Å². The molecule has 0 fully saturated rings. The summed E-state index contributed by atoms with van der Waals surface area (Å²) in [5.74, 6) is 0.303. The lowest BCUT2D eigenvalue weighted by atomic mass is 10.1. The fourth-order valence-corrected chi connectivity index (χ4v) is 2.46. The summed E-state index contributed by atoms with van der Waals surface area (Å²) in [5, 5.41) is 17.8. The van der Waals surface area contributed by atoms with Gasteiger partial charge in [-0.3, -0.25) is 4.79 Å². The molecule has 7 heteroatoms. The molecule has 0 aliphatic rings. The van der Waals surface area contributed by atoms with E-state index in [2.05, 4.69) is 26.2 Å². The minimum absolute atomic E-state index is 0.126. The van der Waals surface area contributed by atoms with Gasteiger partial charge in [0.15, 0.2) is 0 Å². The number of aryl methyl sites for hydroxylation is 1. The molecule has 3 aromatic rings. The van der Waals surface area contributed by atoms with Gasteiger partial charge in [-0.15, -0.1) is 0 Å². The molecule has 0 saturated carbocycles. The lowest BCUT2D eigenvalue weighted by Gasteiger charge is -2.18. The highest BCUT2D eigenvalue weighted by Crippen LogP contribution is 2.16. The quantitative estimate of drug-likeness (QED) is 0.723. The third kappa shape index (κ3) is 3.82. The second kappa shape index (κ2) is 7.57. The van der Waals surface area contributed by atoms with E-state index in [1.54, 1.807) is 4.68 Å². The number of tetrazole rings is 1. The third-order valence-electron chi connectivity index (χ3n) is 3.90. The topological polar surface area (TPSA) is 84.7 Å². The second-order valence-electron chi connectivity index (χ2n) is 5.66. The van der Waals surface area contributed by atoms with Crippen molar-refractivity contribution in [3.63, 3.8) is 0 Å². The van der Waals surface area contributed by atoms with Gasteiger partial charge < -0.3 is 10.6 Å². The molecule has 1 amide bonds. The number of para-hydroxylation sites is 2. The Bertz CT molecular complexity index is 846. The van der Waals surface area contributed by atoms with Crippen molar-refractivity contribution in [2.75, 3.05) is 10.6 Å². The first kappa shape index (κ1) is 16.6. The van der Waals surface area contributed by atoms with E-state index in [9.17, 15) is 4.79 Å². The monoisotopic (exact) mass is 336 g/mol. The number of nitrogens with one attached hydrogen (secondary N) is 2. The van der Waals surface area contributed by atoms with Crippen LogP contribution in [0.3, 0.4) is 0 Å². The number of carbonyl (C=O) groups excluding carboxylic acids is 1. The number of amides is 1. The number of hydrogen-bond donors (Lipinski definition) is 2. The SMILES string of the molecule is CC[C@@H](Nc1nnnn1-c1ccccc1)C(=O)Nc1ccccc1C. The normalized spacial score (nSPS) is 11.8. The second-order valence-corrected chi connectivity index (χ2v) is 5.66. The number of nitrogens with zero attached hydrogens (tertiary/aromatic N) is 4. The zero-order valence-corrected chi connectivity index (χ0v) is 14.2. The standard InChI is InChI=1S/C18H20N6O/c1-3-15(17(25)19-16-12-8-7-9-13(16)2)20-18-21-22-23-24(18)14-10-5-4-6-11-14/h4-12,15H,3H2,1-2H3,(H,19,25)(H,20,21,23)/t15-/m1/s1. The highest BCUT2D eigenvalue weighted by Gasteiger charge is 2.20. The Hall–Kier alpha value is -3.22. The van der Waals surface area contributed by atoms with Crippen molar-refractivity contribution in [3.05, 3.63) is 60.2 Å².